The first-order valence-corrected chi connectivity index (χ1v) is 11.2. The van der Waals surface area contributed by atoms with Gasteiger partial charge in [-0.05, 0) is 19.4 Å². The molecule has 2 amide bonds. The number of halogens is 5. The lowest BCUT2D eigenvalue weighted by Gasteiger charge is -2.26. The Labute approximate surface area is 211 Å². The number of oxazole rings is 1. The normalized spacial score (nSPS) is 21.6. The van der Waals surface area contributed by atoms with E-state index in [0.717, 1.165) is 26.2 Å². The molecule has 38 heavy (non-hydrogen) atoms. The second-order valence-electron chi connectivity index (χ2n) is 8.77. The van der Waals surface area contributed by atoms with Crippen molar-refractivity contribution >= 4 is 28.7 Å². The summed E-state index contributed by atoms with van der Waals surface area (Å²) in [5, 5.41) is 2.41. The molecule has 0 radical (unpaired) electrons. The second kappa shape index (κ2) is 9.79. The Bertz CT molecular complexity index is 1410. The number of carbonyl (C=O) groups excluding carboxylic acids is 2. The third kappa shape index (κ3) is 4.74. The van der Waals surface area contributed by atoms with Crippen molar-refractivity contribution in [2.75, 3.05) is 19.0 Å². The van der Waals surface area contributed by atoms with Crippen molar-refractivity contribution in [1.82, 2.24) is 9.97 Å². The second-order valence-corrected chi connectivity index (χ2v) is 8.77. The maximum absolute atomic E-state index is 14.5. The van der Waals surface area contributed by atoms with Crippen molar-refractivity contribution in [3.8, 4) is 5.75 Å². The smallest absolute Gasteiger partial charge is 0.417 e. The van der Waals surface area contributed by atoms with E-state index in [9.17, 15) is 31.5 Å². The Balaban J connectivity index is 1.86. The summed E-state index contributed by atoms with van der Waals surface area (Å²) in [6.07, 6.45) is -7.22. The number of hydrogen-bond acceptors (Lipinski definition) is 8. The van der Waals surface area contributed by atoms with E-state index in [1.807, 2.05) is 0 Å². The molecule has 204 valence electrons. The highest BCUT2D eigenvalue weighted by molar-refractivity contribution is 6.03. The van der Waals surface area contributed by atoms with E-state index in [0.29, 0.717) is 0 Å². The standard InChI is InChI=1S/C23H22F5N5O5/c1-22(23(26,27)28)8-10(9-3-4-11(24)15(25)17(9)36-2)18(38-22)21-31-12-7-13(32-14(34)5-6-29)33-16(20(30)35)19(12)37-21/h3-4,7,10,18H,5-6,8,29H2,1-2H3,(H2,30,35)(H,32,33,34)/t10-,18+,22+/m0/s1. The Morgan fingerprint density at radius 2 is 1.97 bits per heavy atom. The van der Waals surface area contributed by atoms with Crippen molar-refractivity contribution < 1.29 is 45.4 Å². The highest BCUT2D eigenvalue weighted by Crippen LogP contribution is 2.56. The molecule has 1 aromatic carbocycles. The van der Waals surface area contributed by atoms with Gasteiger partial charge in [-0.2, -0.15) is 17.6 Å². The quantitative estimate of drug-likeness (QED) is 0.383. The van der Waals surface area contributed by atoms with E-state index in [1.54, 1.807) is 0 Å². The van der Waals surface area contributed by atoms with Crippen molar-refractivity contribution in [3.05, 3.63) is 47.0 Å². The lowest BCUT2D eigenvalue weighted by Crippen LogP contribution is -2.41. The average Bonchev–Trinajstić information content (AvgIpc) is 3.41. The number of ether oxygens (including phenoxy) is 2. The van der Waals surface area contributed by atoms with Crippen LogP contribution in [0.5, 0.6) is 5.75 Å². The number of amides is 2. The van der Waals surface area contributed by atoms with E-state index in [-0.39, 0.29) is 35.4 Å². The maximum atomic E-state index is 14.5. The Hall–Kier alpha value is -3.85. The van der Waals surface area contributed by atoms with Gasteiger partial charge in [0.2, 0.25) is 17.6 Å². The average molecular weight is 543 g/mol. The van der Waals surface area contributed by atoms with Crippen LogP contribution >= 0.6 is 0 Å². The van der Waals surface area contributed by atoms with Crippen LogP contribution in [0.4, 0.5) is 27.8 Å². The van der Waals surface area contributed by atoms with Crippen LogP contribution in [-0.4, -0.2) is 47.2 Å². The SMILES string of the molecule is COc1c([C@@H]2C[C@](C)(C(F)(F)F)O[C@H]2c2nc3cc(NC(=O)CCN)nc(C(N)=O)c3o2)ccc(F)c1F. The van der Waals surface area contributed by atoms with Crippen LogP contribution in [0.25, 0.3) is 11.1 Å². The summed E-state index contributed by atoms with van der Waals surface area (Å²) < 4.78 is 86.3. The number of nitrogens with two attached hydrogens (primary N) is 2. The summed E-state index contributed by atoms with van der Waals surface area (Å²) in [6, 6.07) is 3.06. The largest absolute Gasteiger partial charge is 0.493 e. The Morgan fingerprint density at radius 1 is 1.26 bits per heavy atom. The minimum absolute atomic E-state index is 0.0384. The molecule has 1 saturated heterocycles. The van der Waals surface area contributed by atoms with Gasteiger partial charge >= 0.3 is 6.18 Å². The number of primary amides is 1. The molecular weight excluding hydrogens is 521 g/mol. The molecule has 0 saturated carbocycles. The number of aromatic nitrogens is 2. The van der Waals surface area contributed by atoms with Crippen LogP contribution in [0.1, 0.15) is 53.7 Å². The fourth-order valence-electron chi connectivity index (χ4n) is 4.30. The molecule has 0 aliphatic carbocycles. The van der Waals surface area contributed by atoms with Gasteiger partial charge in [0.05, 0.1) is 7.11 Å². The van der Waals surface area contributed by atoms with Gasteiger partial charge in [-0.3, -0.25) is 9.59 Å². The third-order valence-corrected chi connectivity index (χ3v) is 6.15. The molecule has 0 unspecified atom stereocenters. The number of nitrogens with zero attached hydrogens (tertiary/aromatic N) is 2. The molecule has 3 aromatic rings. The zero-order valence-corrected chi connectivity index (χ0v) is 20.0. The number of rotatable bonds is 7. The summed E-state index contributed by atoms with van der Waals surface area (Å²) in [7, 11) is 1.04. The number of anilines is 1. The fraction of sp³-hybridized carbons (Fsp3) is 0.391. The summed E-state index contributed by atoms with van der Waals surface area (Å²) >= 11 is 0. The van der Waals surface area contributed by atoms with Gasteiger partial charge in [0.25, 0.3) is 5.91 Å². The van der Waals surface area contributed by atoms with Gasteiger partial charge in [0.15, 0.2) is 28.4 Å². The van der Waals surface area contributed by atoms with Gasteiger partial charge in [0, 0.05) is 30.5 Å². The Morgan fingerprint density at radius 3 is 2.58 bits per heavy atom. The minimum atomic E-state index is -4.86. The first-order chi connectivity index (χ1) is 17.8. The molecule has 10 nitrogen and oxygen atoms in total. The Kier molecular flexibility index (Phi) is 7.01. The predicted octanol–water partition coefficient (Wildman–Crippen LogP) is 3.46. The first kappa shape index (κ1) is 27.2. The van der Waals surface area contributed by atoms with E-state index in [1.165, 1.54) is 6.07 Å². The minimum Gasteiger partial charge on any atom is -0.493 e. The molecule has 1 aliphatic rings. The van der Waals surface area contributed by atoms with E-state index in [2.05, 4.69) is 15.3 Å². The zero-order chi connectivity index (χ0) is 28.0. The van der Waals surface area contributed by atoms with Crippen molar-refractivity contribution in [3.63, 3.8) is 0 Å². The molecular formula is C23H22F5N5O5. The number of hydrogen-bond donors (Lipinski definition) is 3. The lowest BCUT2D eigenvalue weighted by molar-refractivity contribution is -0.266. The number of benzene rings is 1. The van der Waals surface area contributed by atoms with E-state index >= 15 is 0 Å². The summed E-state index contributed by atoms with van der Waals surface area (Å²) in [5.41, 5.74) is 7.09. The van der Waals surface area contributed by atoms with Crippen LogP contribution in [0.15, 0.2) is 22.6 Å². The van der Waals surface area contributed by atoms with Crippen molar-refractivity contribution in [1.29, 1.82) is 0 Å². The van der Waals surface area contributed by atoms with Crippen LogP contribution in [0.3, 0.4) is 0 Å². The van der Waals surface area contributed by atoms with Crippen LogP contribution < -0.4 is 21.5 Å². The topological polar surface area (TPSA) is 156 Å². The third-order valence-electron chi connectivity index (χ3n) is 6.15. The van der Waals surface area contributed by atoms with Crippen LogP contribution in [-0.2, 0) is 9.53 Å². The van der Waals surface area contributed by atoms with Crippen LogP contribution in [0.2, 0.25) is 0 Å². The molecule has 1 aliphatic heterocycles. The molecule has 0 bridgehead atoms. The fourth-order valence-corrected chi connectivity index (χ4v) is 4.30. The molecule has 4 rings (SSSR count). The molecule has 3 atom stereocenters. The molecule has 1 fully saturated rings. The molecule has 0 spiro atoms. The molecule has 2 aromatic heterocycles. The molecule has 15 heteroatoms. The molecule has 3 heterocycles. The van der Waals surface area contributed by atoms with Gasteiger partial charge in [-0.1, -0.05) is 6.07 Å². The lowest BCUT2D eigenvalue weighted by atomic mass is 9.86. The zero-order valence-electron chi connectivity index (χ0n) is 20.0. The number of pyridine rings is 1. The van der Waals surface area contributed by atoms with E-state index in [4.69, 9.17) is 25.4 Å². The van der Waals surface area contributed by atoms with Crippen LogP contribution in [0, 0.1) is 11.6 Å². The number of methoxy groups -OCH3 is 1. The van der Waals surface area contributed by atoms with Gasteiger partial charge in [-0.15, -0.1) is 0 Å². The highest BCUT2D eigenvalue weighted by atomic mass is 19.4. The molecule has 5 N–H and O–H groups in total. The monoisotopic (exact) mass is 543 g/mol. The summed E-state index contributed by atoms with van der Waals surface area (Å²) in [6.45, 7) is 0.840. The van der Waals surface area contributed by atoms with Crippen molar-refractivity contribution in [2.24, 2.45) is 11.5 Å². The van der Waals surface area contributed by atoms with Gasteiger partial charge < -0.3 is 30.7 Å². The summed E-state index contributed by atoms with van der Waals surface area (Å²) in [4.78, 5) is 32.1. The maximum Gasteiger partial charge on any atom is 0.417 e. The van der Waals surface area contributed by atoms with Gasteiger partial charge in [0.1, 0.15) is 17.4 Å². The number of nitrogens with one attached hydrogen (secondary N) is 1. The number of carbonyl (C=O) groups is 2. The van der Waals surface area contributed by atoms with E-state index < -0.39 is 71.0 Å². The highest BCUT2D eigenvalue weighted by Gasteiger charge is 2.61. The van der Waals surface area contributed by atoms with Crippen molar-refractivity contribution in [2.45, 2.75) is 43.6 Å². The number of alkyl halides is 3. The first-order valence-electron chi connectivity index (χ1n) is 11.2. The predicted molar refractivity (Wildman–Crippen MR) is 121 cm³/mol. The number of fused-ring (bicyclic) bond motifs is 1. The summed E-state index contributed by atoms with van der Waals surface area (Å²) in [5.74, 6) is -6.66. The van der Waals surface area contributed by atoms with Gasteiger partial charge in [-0.25, -0.2) is 14.4 Å².